The van der Waals surface area contributed by atoms with Crippen LogP contribution < -0.4 is 5.32 Å². The number of nitrogens with zero attached hydrogens (tertiary/aromatic N) is 3. The van der Waals surface area contributed by atoms with E-state index in [0.717, 1.165) is 36.9 Å². The summed E-state index contributed by atoms with van der Waals surface area (Å²) in [6.45, 7) is 7.29. The number of aliphatic imine (C=N–C) groups is 1. The van der Waals surface area contributed by atoms with Crippen molar-refractivity contribution in [2.45, 2.75) is 31.1 Å². The van der Waals surface area contributed by atoms with Crippen LogP contribution in [0.15, 0.2) is 53.8 Å². The molecule has 7 heteroatoms. The van der Waals surface area contributed by atoms with E-state index in [0.29, 0.717) is 17.4 Å². The molecule has 2 aromatic rings. The maximum atomic E-state index is 12.2. The van der Waals surface area contributed by atoms with Gasteiger partial charge in [-0.25, -0.2) is 9.79 Å². The SMILES string of the molecule is CCN(CC)CCOC(=O)c1ccc(NC2=NC3(c4cccnc4)CC3S2)cc1. The Morgan fingerprint density at radius 3 is 2.76 bits per heavy atom. The van der Waals surface area contributed by atoms with Gasteiger partial charge in [-0.2, -0.15) is 0 Å². The summed E-state index contributed by atoms with van der Waals surface area (Å²) >= 11 is 1.77. The lowest BCUT2D eigenvalue weighted by Gasteiger charge is -2.17. The highest BCUT2D eigenvalue weighted by molar-refractivity contribution is 8.15. The highest BCUT2D eigenvalue weighted by Crippen LogP contribution is 2.61. The topological polar surface area (TPSA) is 66.8 Å². The first-order chi connectivity index (χ1) is 14.1. The number of hydrogen-bond acceptors (Lipinski definition) is 7. The molecule has 0 amide bonds. The molecule has 1 aromatic carbocycles. The quantitative estimate of drug-likeness (QED) is 0.669. The molecule has 2 heterocycles. The van der Waals surface area contributed by atoms with Crippen LogP contribution in [0.1, 0.15) is 36.2 Å². The van der Waals surface area contributed by atoms with Crippen molar-refractivity contribution in [1.29, 1.82) is 0 Å². The monoisotopic (exact) mass is 410 g/mol. The van der Waals surface area contributed by atoms with Gasteiger partial charge in [-0.1, -0.05) is 31.7 Å². The summed E-state index contributed by atoms with van der Waals surface area (Å²) in [6.07, 6.45) is 4.76. The summed E-state index contributed by atoms with van der Waals surface area (Å²) in [5.74, 6) is -0.284. The van der Waals surface area contributed by atoms with Crippen LogP contribution in [0.3, 0.4) is 0 Å². The van der Waals surface area contributed by atoms with Crippen LogP contribution >= 0.6 is 11.8 Å². The number of pyridine rings is 1. The minimum Gasteiger partial charge on any atom is -0.461 e. The Labute approximate surface area is 175 Å². The van der Waals surface area contributed by atoms with Crippen LogP contribution in [0, 0.1) is 0 Å². The molecule has 2 aliphatic rings. The van der Waals surface area contributed by atoms with Gasteiger partial charge in [-0.3, -0.25) is 4.98 Å². The largest absolute Gasteiger partial charge is 0.461 e. The molecule has 1 saturated carbocycles. The molecule has 1 fully saturated rings. The molecule has 152 valence electrons. The maximum absolute atomic E-state index is 12.2. The summed E-state index contributed by atoms with van der Waals surface area (Å²) in [5, 5.41) is 4.77. The number of rotatable bonds is 8. The molecule has 1 aliphatic heterocycles. The average Bonchev–Trinajstić information content (AvgIpc) is 3.34. The molecular weight excluding hydrogens is 384 g/mol. The predicted octanol–water partition coefficient (Wildman–Crippen LogP) is 3.76. The van der Waals surface area contributed by atoms with Gasteiger partial charge in [0.15, 0.2) is 5.17 Å². The Hall–Kier alpha value is -2.38. The van der Waals surface area contributed by atoms with Gasteiger partial charge in [0, 0.05) is 29.9 Å². The van der Waals surface area contributed by atoms with E-state index in [1.54, 1.807) is 30.1 Å². The lowest BCUT2D eigenvalue weighted by molar-refractivity contribution is 0.0466. The highest BCUT2D eigenvalue weighted by Gasteiger charge is 2.61. The first kappa shape index (κ1) is 19.9. The number of amidine groups is 1. The van der Waals surface area contributed by atoms with Gasteiger partial charge in [0.25, 0.3) is 0 Å². The van der Waals surface area contributed by atoms with Crippen molar-refractivity contribution in [3.8, 4) is 0 Å². The number of esters is 1. The maximum Gasteiger partial charge on any atom is 0.338 e. The number of fused-ring (bicyclic) bond motifs is 1. The normalized spacial score (nSPS) is 22.2. The molecule has 0 bridgehead atoms. The highest BCUT2D eigenvalue weighted by atomic mass is 32.2. The average molecular weight is 411 g/mol. The Morgan fingerprint density at radius 1 is 1.28 bits per heavy atom. The fraction of sp³-hybridized carbons (Fsp3) is 0.409. The second-order valence-corrected chi connectivity index (χ2v) is 8.45. The molecule has 0 radical (unpaired) electrons. The standard InChI is InChI=1S/C22H26N4O2S/c1-3-26(4-2)12-13-28-20(27)16-7-9-18(10-8-16)24-21-25-22(14-19(22)29-21)17-6-5-11-23-15-17/h5-11,15,19H,3-4,12-14H2,1-2H3,(H,24,25). The molecule has 0 spiro atoms. The second-order valence-electron chi connectivity index (χ2n) is 7.26. The molecule has 1 aliphatic carbocycles. The van der Waals surface area contributed by atoms with Gasteiger partial charge < -0.3 is 15.0 Å². The molecule has 4 rings (SSSR count). The Bertz CT molecular complexity index is 883. The zero-order valence-electron chi connectivity index (χ0n) is 16.8. The minimum atomic E-state index is -0.284. The van der Waals surface area contributed by atoms with Gasteiger partial charge in [0.2, 0.25) is 0 Å². The summed E-state index contributed by atoms with van der Waals surface area (Å²) in [4.78, 5) is 23.6. The van der Waals surface area contributed by atoms with E-state index in [4.69, 9.17) is 9.73 Å². The number of carbonyl (C=O) groups is 1. The Morgan fingerprint density at radius 2 is 2.07 bits per heavy atom. The Kier molecular flexibility index (Phi) is 5.87. The second kappa shape index (κ2) is 8.55. The fourth-order valence-electron chi connectivity index (χ4n) is 3.57. The molecular formula is C22H26N4O2S. The number of anilines is 1. The molecule has 2 atom stereocenters. The van der Waals surface area contributed by atoms with E-state index in [-0.39, 0.29) is 11.5 Å². The van der Waals surface area contributed by atoms with Crippen molar-refractivity contribution in [1.82, 2.24) is 9.88 Å². The number of benzene rings is 1. The fourth-order valence-corrected chi connectivity index (χ4v) is 4.95. The number of aromatic nitrogens is 1. The van der Waals surface area contributed by atoms with Crippen LogP contribution in [0.4, 0.5) is 5.69 Å². The lowest BCUT2D eigenvalue weighted by Crippen LogP contribution is -2.27. The van der Waals surface area contributed by atoms with Crippen molar-refractivity contribution in [3.63, 3.8) is 0 Å². The summed E-state index contributed by atoms with van der Waals surface area (Å²) in [5.41, 5.74) is 2.54. The van der Waals surface area contributed by atoms with Crippen LogP contribution in [-0.2, 0) is 10.3 Å². The summed E-state index contributed by atoms with van der Waals surface area (Å²) in [7, 11) is 0. The van der Waals surface area contributed by atoms with Crippen LogP contribution in [0.25, 0.3) is 0 Å². The van der Waals surface area contributed by atoms with Crippen molar-refractivity contribution in [2.75, 3.05) is 31.6 Å². The third-order valence-corrected chi connectivity index (χ3v) is 6.75. The van der Waals surface area contributed by atoms with Crippen molar-refractivity contribution in [2.24, 2.45) is 4.99 Å². The smallest absolute Gasteiger partial charge is 0.338 e. The van der Waals surface area contributed by atoms with Crippen molar-refractivity contribution >= 4 is 28.6 Å². The molecule has 1 aromatic heterocycles. The van der Waals surface area contributed by atoms with E-state index >= 15 is 0 Å². The summed E-state index contributed by atoms with van der Waals surface area (Å²) < 4.78 is 5.38. The van der Waals surface area contributed by atoms with E-state index in [9.17, 15) is 4.79 Å². The summed E-state index contributed by atoms with van der Waals surface area (Å²) in [6, 6.07) is 11.4. The van der Waals surface area contributed by atoms with Gasteiger partial charge >= 0.3 is 5.97 Å². The molecule has 1 N–H and O–H groups in total. The van der Waals surface area contributed by atoms with E-state index in [1.165, 1.54) is 5.56 Å². The third-order valence-electron chi connectivity index (χ3n) is 5.49. The lowest BCUT2D eigenvalue weighted by atomic mass is 10.1. The number of thioether (sulfide) groups is 1. The van der Waals surface area contributed by atoms with E-state index < -0.39 is 0 Å². The van der Waals surface area contributed by atoms with Gasteiger partial charge in [0.05, 0.1) is 5.56 Å². The van der Waals surface area contributed by atoms with Crippen LogP contribution in [0.5, 0.6) is 0 Å². The van der Waals surface area contributed by atoms with Crippen LogP contribution in [0.2, 0.25) is 0 Å². The number of carbonyl (C=O) groups excluding carboxylic acids is 1. The number of ether oxygens (including phenoxy) is 1. The molecule has 29 heavy (non-hydrogen) atoms. The molecule has 2 unspecified atom stereocenters. The zero-order chi connectivity index (χ0) is 20.3. The van der Waals surface area contributed by atoms with E-state index in [2.05, 4.69) is 35.1 Å². The predicted molar refractivity (Wildman–Crippen MR) is 117 cm³/mol. The van der Waals surface area contributed by atoms with Gasteiger partial charge in [-0.05, 0) is 55.4 Å². The third kappa shape index (κ3) is 4.31. The van der Waals surface area contributed by atoms with Crippen molar-refractivity contribution < 1.29 is 9.53 Å². The van der Waals surface area contributed by atoms with Gasteiger partial charge in [0.1, 0.15) is 12.1 Å². The number of hydrogen-bond donors (Lipinski definition) is 1. The zero-order valence-corrected chi connectivity index (χ0v) is 17.6. The first-order valence-corrected chi connectivity index (χ1v) is 11.0. The van der Waals surface area contributed by atoms with E-state index in [1.807, 2.05) is 24.4 Å². The number of nitrogens with one attached hydrogen (secondary N) is 1. The molecule has 0 saturated heterocycles. The van der Waals surface area contributed by atoms with Gasteiger partial charge in [-0.15, -0.1) is 0 Å². The van der Waals surface area contributed by atoms with Crippen LogP contribution in [-0.4, -0.2) is 52.5 Å². The first-order valence-electron chi connectivity index (χ1n) is 10.1. The van der Waals surface area contributed by atoms with Crippen molar-refractivity contribution in [3.05, 3.63) is 59.9 Å². The Balaban J connectivity index is 1.32. The molecule has 6 nitrogen and oxygen atoms in total. The minimum absolute atomic E-state index is 0.115. The number of likely N-dealkylation sites (N-methyl/N-ethyl adjacent to an activating group) is 1.